The smallest absolute Gasteiger partial charge is 0.205 e. The van der Waals surface area contributed by atoms with E-state index in [2.05, 4.69) is 27.6 Å². The first kappa shape index (κ1) is 15.9. The molecule has 0 aromatic carbocycles. The number of nitrogens with two attached hydrogens (primary N) is 1. The molecule has 0 saturated carbocycles. The van der Waals surface area contributed by atoms with Crippen LogP contribution in [-0.4, -0.2) is 37.2 Å². The van der Waals surface area contributed by atoms with Gasteiger partial charge in [-0.2, -0.15) is 0 Å². The molecule has 0 radical (unpaired) electrons. The van der Waals surface area contributed by atoms with Crippen molar-refractivity contribution in [3.63, 3.8) is 0 Å². The van der Waals surface area contributed by atoms with Gasteiger partial charge in [-0.05, 0) is 13.3 Å². The predicted molar refractivity (Wildman–Crippen MR) is 79.3 cm³/mol. The lowest BCUT2D eigenvalue weighted by atomic mass is 10.2. The van der Waals surface area contributed by atoms with Crippen LogP contribution in [0.5, 0.6) is 0 Å². The lowest BCUT2D eigenvalue weighted by molar-refractivity contribution is 0.145. The largest absolute Gasteiger partial charge is 0.382 e. The predicted octanol–water partition coefficient (Wildman–Crippen LogP) is 1.08. The zero-order valence-electron chi connectivity index (χ0n) is 11.6. The number of rotatable bonds is 8. The van der Waals surface area contributed by atoms with Crippen LogP contribution in [0.15, 0.2) is 16.6 Å². The number of guanidine groups is 1. The number of hydrogen-bond donors (Lipinski definition) is 3. The molecule has 0 saturated heterocycles. The molecular formula is C12H23N5OS. The number of nitrogens with one attached hydrogen (secondary N) is 2. The topological polar surface area (TPSA) is 84.6 Å². The number of nitrogens with zero attached hydrogens (tertiary/aromatic N) is 2. The van der Waals surface area contributed by atoms with Gasteiger partial charge < -0.3 is 10.1 Å². The van der Waals surface area contributed by atoms with Crippen molar-refractivity contribution in [2.24, 2.45) is 10.8 Å². The Labute approximate surface area is 118 Å². The van der Waals surface area contributed by atoms with Crippen LogP contribution in [0.3, 0.4) is 0 Å². The summed E-state index contributed by atoms with van der Waals surface area (Å²) in [5.74, 6) is 6.34. The molecule has 0 amide bonds. The fraction of sp³-hybridized carbons (Fsp3) is 0.667. The van der Waals surface area contributed by atoms with Gasteiger partial charge in [0.2, 0.25) is 5.96 Å². The first-order chi connectivity index (χ1) is 9.27. The van der Waals surface area contributed by atoms with Crippen LogP contribution in [0.1, 0.15) is 31.2 Å². The molecule has 1 aromatic heterocycles. The second kappa shape index (κ2) is 9.71. The highest BCUT2D eigenvalue weighted by Gasteiger charge is 2.07. The highest BCUT2D eigenvalue weighted by atomic mass is 32.1. The summed E-state index contributed by atoms with van der Waals surface area (Å²) in [4.78, 5) is 8.69. The van der Waals surface area contributed by atoms with Crippen LogP contribution in [0.4, 0.5) is 0 Å². The molecule has 1 heterocycles. The summed E-state index contributed by atoms with van der Waals surface area (Å²) in [6.45, 7) is 7.03. The quantitative estimate of drug-likeness (QED) is 0.219. The van der Waals surface area contributed by atoms with Crippen molar-refractivity contribution in [2.75, 3.05) is 26.3 Å². The Bertz CT molecular complexity index is 355. The van der Waals surface area contributed by atoms with Gasteiger partial charge in [-0.25, -0.2) is 10.8 Å². The van der Waals surface area contributed by atoms with Gasteiger partial charge in [-0.15, -0.1) is 11.3 Å². The van der Waals surface area contributed by atoms with Crippen LogP contribution in [0.25, 0.3) is 0 Å². The molecule has 6 nitrogen and oxygen atoms in total. The van der Waals surface area contributed by atoms with E-state index in [4.69, 9.17) is 10.6 Å². The monoisotopic (exact) mass is 285 g/mol. The minimum atomic E-state index is 0.300. The maximum absolute atomic E-state index is 5.43. The summed E-state index contributed by atoms with van der Waals surface area (Å²) in [5, 5.41) is 6.22. The van der Waals surface area contributed by atoms with E-state index in [-0.39, 0.29) is 0 Å². The van der Waals surface area contributed by atoms with Crippen molar-refractivity contribution in [3.8, 4) is 0 Å². The maximum Gasteiger partial charge on any atom is 0.205 e. The Morgan fingerprint density at radius 3 is 3.11 bits per heavy atom. The number of hydrazine groups is 1. The van der Waals surface area contributed by atoms with E-state index in [1.807, 2.05) is 18.5 Å². The SMILES string of the molecule is CCOCCCNC(=NCC(C)c1nccs1)NN. The molecule has 7 heteroatoms. The molecule has 1 unspecified atom stereocenters. The Morgan fingerprint density at radius 1 is 1.63 bits per heavy atom. The van der Waals surface area contributed by atoms with Crippen molar-refractivity contribution in [1.82, 2.24) is 15.7 Å². The molecule has 4 N–H and O–H groups in total. The molecule has 0 aliphatic rings. The zero-order chi connectivity index (χ0) is 13.9. The molecule has 19 heavy (non-hydrogen) atoms. The van der Waals surface area contributed by atoms with Gasteiger partial charge in [0.05, 0.1) is 11.6 Å². The van der Waals surface area contributed by atoms with Gasteiger partial charge in [0, 0.05) is 37.3 Å². The fourth-order valence-electron chi connectivity index (χ4n) is 1.46. The number of hydrogen-bond acceptors (Lipinski definition) is 5. The Kier molecular flexibility index (Phi) is 8.11. The summed E-state index contributed by atoms with van der Waals surface area (Å²) < 4.78 is 5.26. The third-order valence-electron chi connectivity index (χ3n) is 2.49. The summed E-state index contributed by atoms with van der Waals surface area (Å²) in [7, 11) is 0. The minimum Gasteiger partial charge on any atom is -0.382 e. The molecule has 0 aliphatic heterocycles. The van der Waals surface area contributed by atoms with Crippen LogP contribution >= 0.6 is 11.3 Å². The van der Waals surface area contributed by atoms with Crippen LogP contribution in [0, 0.1) is 0 Å². The van der Waals surface area contributed by atoms with Gasteiger partial charge >= 0.3 is 0 Å². The molecule has 1 atom stereocenters. The fourth-order valence-corrected chi connectivity index (χ4v) is 2.15. The van der Waals surface area contributed by atoms with Crippen molar-refractivity contribution in [2.45, 2.75) is 26.2 Å². The third-order valence-corrected chi connectivity index (χ3v) is 3.50. The lowest BCUT2D eigenvalue weighted by Crippen LogP contribution is -2.42. The summed E-state index contributed by atoms with van der Waals surface area (Å²) in [6, 6.07) is 0. The summed E-state index contributed by atoms with van der Waals surface area (Å²) in [5.41, 5.74) is 2.57. The van der Waals surface area contributed by atoms with Gasteiger partial charge in [-0.3, -0.25) is 10.4 Å². The van der Waals surface area contributed by atoms with Crippen molar-refractivity contribution < 1.29 is 4.74 Å². The van der Waals surface area contributed by atoms with E-state index in [9.17, 15) is 0 Å². The molecule has 0 bridgehead atoms. The van der Waals surface area contributed by atoms with E-state index < -0.39 is 0 Å². The average molecular weight is 285 g/mol. The lowest BCUT2D eigenvalue weighted by Gasteiger charge is -2.10. The Morgan fingerprint density at radius 2 is 2.47 bits per heavy atom. The van der Waals surface area contributed by atoms with E-state index in [1.165, 1.54) is 0 Å². The van der Waals surface area contributed by atoms with E-state index in [0.717, 1.165) is 31.2 Å². The number of aromatic nitrogens is 1. The van der Waals surface area contributed by atoms with Gasteiger partial charge in [0.1, 0.15) is 0 Å². The summed E-state index contributed by atoms with van der Waals surface area (Å²) >= 11 is 1.65. The molecule has 108 valence electrons. The van der Waals surface area contributed by atoms with Crippen molar-refractivity contribution in [3.05, 3.63) is 16.6 Å². The average Bonchev–Trinajstić information content (AvgIpc) is 2.95. The van der Waals surface area contributed by atoms with Gasteiger partial charge in [-0.1, -0.05) is 6.92 Å². The highest BCUT2D eigenvalue weighted by molar-refractivity contribution is 7.09. The van der Waals surface area contributed by atoms with Gasteiger partial charge in [0.25, 0.3) is 0 Å². The highest BCUT2D eigenvalue weighted by Crippen LogP contribution is 2.17. The number of ether oxygens (including phenoxy) is 1. The van der Waals surface area contributed by atoms with Crippen LogP contribution < -0.4 is 16.6 Å². The Balaban J connectivity index is 2.27. The summed E-state index contributed by atoms with van der Waals surface area (Å²) in [6.07, 6.45) is 2.74. The van der Waals surface area contributed by atoms with Gasteiger partial charge in [0.15, 0.2) is 0 Å². The normalized spacial score (nSPS) is 13.3. The molecular weight excluding hydrogens is 262 g/mol. The van der Waals surface area contributed by atoms with Crippen LogP contribution in [0.2, 0.25) is 0 Å². The van der Waals surface area contributed by atoms with Crippen molar-refractivity contribution >= 4 is 17.3 Å². The molecule has 1 rings (SSSR count). The number of thiazole rings is 1. The van der Waals surface area contributed by atoms with E-state index >= 15 is 0 Å². The molecule has 0 spiro atoms. The minimum absolute atomic E-state index is 0.300. The Hall–Kier alpha value is -1.18. The zero-order valence-corrected chi connectivity index (χ0v) is 12.4. The van der Waals surface area contributed by atoms with Crippen molar-refractivity contribution in [1.29, 1.82) is 0 Å². The standard InChI is InChI=1S/C12H23N5OS/c1-3-18-7-4-5-15-12(17-13)16-9-10(2)11-14-6-8-19-11/h6,8,10H,3-5,7,9,13H2,1-2H3,(H2,15,16,17). The molecule has 1 aromatic rings. The first-order valence-corrected chi connectivity index (χ1v) is 7.38. The molecule has 0 aliphatic carbocycles. The second-order valence-corrected chi connectivity index (χ2v) is 5.01. The molecule has 0 fully saturated rings. The maximum atomic E-state index is 5.43. The third kappa shape index (κ3) is 6.51. The second-order valence-electron chi connectivity index (χ2n) is 4.08. The van der Waals surface area contributed by atoms with Crippen LogP contribution in [-0.2, 0) is 4.74 Å². The van der Waals surface area contributed by atoms with E-state index in [1.54, 1.807) is 11.3 Å². The van der Waals surface area contributed by atoms with E-state index in [0.29, 0.717) is 18.4 Å². The number of aliphatic imine (C=N–C) groups is 1. The first-order valence-electron chi connectivity index (χ1n) is 6.50.